The third-order valence-electron chi connectivity index (χ3n) is 4.52. The van der Waals surface area contributed by atoms with Gasteiger partial charge in [-0.05, 0) is 30.5 Å². The number of amides is 1. The topological polar surface area (TPSA) is 51.0 Å². The standard InChI is InChI=1S/C18H16Cl2N4OS/c1-23-9-12(8-21-23)17-22-15(10-26-17)18(25)24-6-2-3-16(24)11-4-5-13(19)14(20)7-11/h4-5,7-10,16H,2-3,6H2,1H3. The number of benzene rings is 1. The highest BCUT2D eigenvalue weighted by atomic mass is 35.5. The molecule has 1 aliphatic rings. The van der Waals surface area contributed by atoms with E-state index in [2.05, 4.69) is 10.1 Å². The van der Waals surface area contributed by atoms with Crippen LogP contribution in [0.1, 0.15) is 34.9 Å². The van der Waals surface area contributed by atoms with Crippen molar-refractivity contribution in [1.29, 1.82) is 0 Å². The van der Waals surface area contributed by atoms with Crippen molar-refractivity contribution in [2.24, 2.45) is 7.05 Å². The molecule has 0 spiro atoms. The first kappa shape index (κ1) is 17.5. The Hall–Kier alpha value is -1.89. The summed E-state index contributed by atoms with van der Waals surface area (Å²) < 4.78 is 1.72. The van der Waals surface area contributed by atoms with Gasteiger partial charge in [0.05, 0.1) is 22.3 Å². The van der Waals surface area contributed by atoms with Crippen molar-refractivity contribution in [3.05, 3.63) is 57.3 Å². The molecule has 0 bridgehead atoms. The molecule has 1 atom stereocenters. The van der Waals surface area contributed by atoms with E-state index < -0.39 is 0 Å². The van der Waals surface area contributed by atoms with Crippen LogP contribution in [0.3, 0.4) is 0 Å². The Labute approximate surface area is 165 Å². The molecule has 5 nitrogen and oxygen atoms in total. The maximum atomic E-state index is 13.0. The first-order valence-electron chi connectivity index (χ1n) is 8.23. The molecule has 3 aromatic rings. The van der Waals surface area contributed by atoms with Gasteiger partial charge in [-0.1, -0.05) is 29.3 Å². The molecule has 3 heterocycles. The molecule has 0 aliphatic carbocycles. The van der Waals surface area contributed by atoms with E-state index in [4.69, 9.17) is 23.2 Å². The molecule has 1 fully saturated rings. The number of likely N-dealkylation sites (tertiary alicyclic amines) is 1. The number of rotatable bonds is 3. The molecular weight excluding hydrogens is 391 g/mol. The van der Waals surface area contributed by atoms with Crippen molar-refractivity contribution in [2.75, 3.05) is 6.54 Å². The van der Waals surface area contributed by atoms with Gasteiger partial charge in [0.25, 0.3) is 5.91 Å². The predicted molar refractivity (Wildman–Crippen MR) is 104 cm³/mol. The number of aryl methyl sites for hydroxylation is 1. The fourth-order valence-corrected chi connectivity index (χ4v) is 4.34. The highest BCUT2D eigenvalue weighted by molar-refractivity contribution is 7.13. The second kappa shape index (κ2) is 7.02. The van der Waals surface area contributed by atoms with Crippen molar-refractivity contribution < 1.29 is 4.79 Å². The van der Waals surface area contributed by atoms with Gasteiger partial charge in [-0.3, -0.25) is 9.48 Å². The average molecular weight is 407 g/mol. The Morgan fingerprint density at radius 2 is 2.15 bits per heavy atom. The zero-order valence-corrected chi connectivity index (χ0v) is 16.4. The molecule has 1 unspecified atom stereocenters. The second-order valence-electron chi connectivity index (χ2n) is 6.27. The molecule has 0 saturated carbocycles. The molecule has 134 valence electrons. The minimum Gasteiger partial charge on any atom is -0.330 e. The van der Waals surface area contributed by atoms with Crippen LogP contribution in [0.25, 0.3) is 10.6 Å². The van der Waals surface area contributed by atoms with Gasteiger partial charge in [0.1, 0.15) is 10.7 Å². The number of aromatic nitrogens is 3. The van der Waals surface area contributed by atoms with Crippen molar-refractivity contribution in [3.8, 4) is 10.6 Å². The minimum atomic E-state index is -0.0510. The summed E-state index contributed by atoms with van der Waals surface area (Å²) in [5.74, 6) is -0.0510. The number of hydrogen-bond donors (Lipinski definition) is 0. The Bertz CT molecular complexity index is 968. The van der Waals surface area contributed by atoms with E-state index in [0.717, 1.165) is 29.0 Å². The van der Waals surface area contributed by atoms with Gasteiger partial charge < -0.3 is 4.90 Å². The molecule has 1 aliphatic heterocycles. The molecule has 26 heavy (non-hydrogen) atoms. The van der Waals surface area contributed by atoms with Crippen LogP contribution < -0.4 is 0 Å². The summed E-state index contributed by atoms with van der Waals surface area (Å²) in [5, 5.41) is 7.80. The molecule has 0 N–H and O–H groups in total. The molecule has 1 saturated heterocycles. The van der Waals surface area contributed by atoms with Gasteiger partial charge in [0.15, 0.2) is 0 Å². The van der Waals surface area contributed by atoms with Gasteiger partial charge in [0, 0.05) is 30.7 Å². The number of carbonyl (C=O) groups is 1. The Morgan fingerprint density at radius 3 is 2.88 bits per heavy atom. The SMILES string of the molecule is Cn1cc(-c2nc(C(=O)N3CCCC3c3ccc(Cl)c(Cl)c3)cs2)cn1. The van der Waals surface area contributed by atoms with Crippen molar-refractivity contribution in [2.45, 2.75) is 18.9 Å². The molecule has 0 radical (unpaired) electrons. The number of thiazole rings is 1. The first-order valence-corrected chi connectivity index (χ1v) is 9.87. The molecule has 8 heteroatoms. The van der Waals surface area contributed by atoms with E-state index in [9.17, 15) is 4.79 Å². The van der Waals surface area contributed by atoms with Crippen molar-refractivity contribution in [3.63, 3.8) is 0 Å². The van der Waals surface area contributed by atoms with Crippen LogP contribution in [-0.2, 0) is 7.05 Å². The van der Waals surface area contributed by atoms with Crippen LogP contribution >= 0.6 is 34.5 Å². The normalized spacial score (nSPS) is 17.0. The fraction of sp³-hybridized carbons (Fsp3) is 0.278. The zero-order valence-electron chi connectivity index (χ0n) is 14.0. The fourth-order valence-electron chi connectivity index (χ4n) is 3.26. The van der Waals surface area contributed by atoms with E-state index in [-0.39, 0.29) is 11.9 Å². The van der Waals surface area contributed by atoms with Crippen LogP contribution in [0, 0.1) is 0 Å². The van der Waals surface area contributed by atoms with Gasteiger partial charge in [0.2, 0.25) is 0 Å². The van der Waals surface area contributed by atoms with Crippen LogP contribution in [0.5, 0.6) is 0 Å². The Kier molecular flexibility index (Phi) is 4.73. The number of nitrogens with zero attached hydrogens (tertiary/aromatic N) is 4. The van der Waals surface area contributed by atoms with E-state index in [0.29, 0.717) is 22.3 Å². The number of carbonyl (C=O) groups excluding carboxylic acids is 1. The largest absolute Gasteiger partial charge is 0.330 e. The average Bonchev–Trinajstić information content (AvgIpc) is 3.35. The van der Waals surface area contributed by atoms with Crippen LogP contribution in [0.2, 0.25) is 10.0 Å². The van der Waals surface area contributed by atoms with Gasteiger partial charge >= 0.3 is 0 Å². The third-order valence-corrected chi connectivity index (χ3v) is 6.15. The second-order valence-corrected chi connectivity index (χ2v) is 7.94. The third kappa shape index (κ3) is 3.24. The summed E-state index contributed by atoms with van der Waals surface area (Å²) in [4.78, 5) is 19.4. The lowest BCUT2D eigenvalue weighted by Crippen LogP contribution is -2.30. The molecule has 1 aromatic carbocycles. The summed E-state index contributed by atoms with van der Waals surface area (Å²) in [5.41, 5.74) is 2.40. The van der Waals surface area contributed by atoms with Crippen molar-refractivity contribution in [1.82, 2.24) is 19.7 Å². The van der Waals surface area contributed by atoms with Crippen molar-refractivity contribution >= 4 is 40.4 Å². The predicted octanol–water partition coefficient (Wildman–Crippen LogP) is 4.83. The zero-order chi connectivity index (χ0) is 18.3. The van der Waals surface area contributed by atoms with Gasteiger partial charge in [-0.15, -0.1) is 11.3 Å². The molecule has 1 amide bonds. The van der Waals surface area contributed by atoms with E-state index in [1.165, 1.54) is 11.3 Å². The summed E-state index contributed by atoms with van der Waals surface area (Å²) in [6.07, 6.45) is 5.50. The molecular formula is C18H16Cl2N4OS. The number of hydrogen-bond acceptors (Lipinski definition) is 4. The molecule has 4 rings (SSSR count). The van der Waals surface area contributed by atoms with Crippen LogP contribution in [-0.4, -0.2) is 32.1 Å². The summed E-state index contributed by atoms with van der Waals surface area (Å²) in [7, 11) is 1.86. The number of halogens is 2. The van der Waals surface area contributed by atoms with Crippen LogP contribution in [0.15, 0.2) is 36.0 Å². The van der Waals surface area contributed by atoms with E-state index in [1.54, 1.807) is 16.9 Å². The quantitative estimate of drug-likeness (QED) is 0.625. The first-order chi connectivity index (χ1) is 12.5. The lowest BCUT2D eigenvalue weighted by molar-refractivity contribution is 0.0730. The smallest absolute Gasteiger partial charge is 0.273 e. The van der Waals surface area contributed by atoms with Gasteiger partial charge in [-0.25, -0.2) is 4.98 Å². The monoisotopic (exact) mass is 406 g/mol. The highest BCUT2D eigenvalue weighted by Gasteiger charge is 2.32. The Morgan fingerprint density at radius 1 is 1.31 bits per heavy atom. The molecule has 2 aromatic heterocycles. The minimum absolute atomic E-state index is 0.000749. The maximum Gasteiger partial charge on any atom is 0.273 e. The summed E-state index contributed by atoms with van der Waals surface area (Å²) in [6, 6.07) is 5.57. The van der Waals surface area contributed by atoms with E-state index >= 15 is 0 Å². The van der Waals surface area contributed by atoms with E-state index in [1.807, 2.05) is 35.7 Å². The summed E-state index contributed by atoms with van der Waals surface area (Å²) >= 11 is 13.6. The Balaban J connectivity index is 1.59. The highest BCUT2D eigenvalue weighted by Crippen LogP contribution is 2.36. The van der Waals surface area contributed by atoms with Crippen LogP contribution in [0.4, 0.5) is 0 Å². The lowest BCUT2D eigenvalue weighted by Gasteiger charge is -2.24. The lowest BCUT2D eigenvalue weighted by atomic mass is 10.0. The van der Waals surface area contributed by atoms with Gasteiger partial charge in [-0.2, -0.15) is 5.10 Å². The maximum absolute atomic E-state index is 13.0. The summed E-state index contributed by atoms with van der Waals surface area (Å²) in [6.45, 7) is 0.712.